The van der Waals surface area contributed by atoms with Gasteiger partial charge in [0, 0.05) is 12.2 Å². The number of hydrogen-bond donors (Lipinski definition) is 2. The highest BCUT2D eigenvalue weighted by molar-refractivity contribution is 4.81. The molecule has 0 radical (unpaired) electrons. The van der Waals surface area contributed by atoms with E-state index < -0.39 is 0 Å². The Morgan fingerprint density at radius 3 is 1.85 bits per heavy atom. The molecule has 1 aliphatic rings. The second kappa shape index (κ2) is 10.6. The van der Waals surface area contributed by atoms with Crippen LogP contribution in [0.2, 0.25) is 0 Å². The molecular formula is C17H37N3. The van der Waals surface area contributed by atoms with Crippen molar-refractivity contribution in [2.24, 2.45) is 0 Å². The van der Waals surface area contributed by atoms with Crippen molar-refractivity contribution >= 4 is 0 Å². The van der Waals surface area contributed by atoms with Crippen molar-refractivity contribution in [2.45, 2.75) is 90.5 Å². The van der Waals surface area contributed by atoms with E-state index in [4.69, 9.17) is 0 Å². The number of hydrogen-bond acceptors (Lipinski definition) is 3. The van der Waals surface area contributed by atoms with Gasteiger partial charge in [-0.3, -0.25) is 15.5 Å². The van der Waals surface area contributed by atoms with Gasteiger partial charge >= 0.3 is 0 Å². The SMILES string of the molecule is CCCCCCCCCCCC(C)(C)N1CNCNC1. The average molecular weight is 284 g/mol. The van der Waals surface area contributed by atoms with Crippen LogP contribution in [-0.4, -0.2) is 30.4 Å². The van der Waals surface area contributed by atoms with Gasteiger partial charge in [0.25, 0.3) is 0 Å². The minimum Gasteiger partial charge on any atom is -0.292 e. The van der Waals surface area contributed by atoms with Gasteiger partial charge in [-0.05, 0) is 20.3 Å². The molecule has 0 saturated carbocycles. The highest BCUT2D eigenvalue weighted by atomic mass is 15.4. The molecule has 1 heterocycles. The molecule has 0 aliphatic carbocycles. The van der Waals surface area contributed by atoms with E-state index in [1.54, 1.807) is 0 Å². The summed E-state index contributed by atoms with van der Waals surface area (Å²) in [5.41, 5.74) is 0.321. The van der Waals surface area contributed by atoms with Crippen LogP contribution in [0.3, 0.4) is 0 Å². The minimum absolute atomic E-state index is 0.321. The Morgan fingerprint density at radius 2 is 1.30 bits per heavy atom. The van der Waals surface area contributed by atoms with Gasteiger partial charge in [-0.15, -0.1) is 0 Å². The maximum atomic E-state index is 3.39. The Balaban J connectivity index is 1.96. The van der Waals surface area contributed by atoms with Crippen LogP contribution in [0, 0.1) is 0 Å². The van der Waals surface area contributed by atoms with Crippen LogP contribution in [0.5, 0.6) is 0 Å². The third kappa shape index (κ3) is 7.61. The summed E-state index contributed by atoms with van der Waals surface area (Å²) < 4.78 is 0. The summed E-state index contributed by atoms with van der Waals surface area (Å²) in [5, 5.41) is 6.78. The lowest BCUT2D eigenvalue weighted by molar-refractivity contribution is 0.0648. The Kier molecular flexibility index (Phi) is 9.49. The third-order valence-electron chi connectivity index (χ3n) is 4.60. The second-order valence-corrected chi connectivity index (χ2v) is 6.92. The lowest BCUT2D eigenvalue weighted by Crippen LogP contribution is -2.58. The van der Waals surface area contributed by atoms with Gasteiger partial charge in [-0.1, -0.05) is 64.7 Å². The largest absolute Gasteiger partial charge is 0.292 e. The van der Waals surface area contributed by atoms with Crippen molar-refractivity contribution in [1.29, 1.82) is 0 Å². The van der Waals surface area contributed by atoms with Gasteiger partial charge in [0.15, 0.2) is 0 Å². The lowest BCUT2D eigenvalue weighted by atomic mass is 9.94. The number of nitrogens with zero attached hydrogens (tertiary/aromatic N) is 1. The van der Waals surface area contributed by atoms with E-state index in [2.05, 4.69) is 36.3 Å². The normalized spacial score (nSPS) is 17.6. The summed E-state index contributed by atoms with van der Waals surface area (Å²) in [6.45, 7) is 10.0. The Hall–Kier alpha value is -0.120. The van der Waals surface area contributed by atoms with Crippen molar-refractivity contribution in [2.75, 3.05) is 20.0 Å². The van der Waals surface area contributed by atoms with Gasteiger partial charge in [-0.2, -0.15) is 0 Å². The first-order chi connectivity index (χ1) is 9.67. The van der Waals surface area contributed by atoms with E-state index in [1.807, 2.05) is 0 Å². The molecule has 20 heavy (non-hydrogen) atoms. The van der Waals surface area contributed by atoms with Crippen LogP contribution in [-0.2, 0) is 0 Å². The molecule has 0 atom stereocenters. The van der Waals surface area contributed by atoms with E-state index in [1.165, 1.54) is 64.2 Å². The minimum atomic E-state index is 0.321. The maximum absolute atomic E-state index is 3.39. The molecule has 0 aromatic carbocycles. The molecule has 1 fully saturated rings. The first-order valence-corrected chi connectivity index (χ1v) is 8.83. The molecule has 0 amide bonds. The molecule has 0 bridgehead atoms. The van der Waals surface area contributed by atoms with Crippen LogP contribution in [0.1, 0.15) is 85.0 Å². The quantitative estimate of drug-likeness (QED) is 0.560. The van der Waals surface area contributed by atoms with E-state index in [0.29, 0.717) is 5.54 Å². The average Bonchev–Trinajstić information content (AvgIpc) is 2.46. The topological polar surface area (TPSA) is 27.3 Å². The van der Waals surface area contributed by atoms with E-state index >= 15 is 0 Å². The van der Waals surface area contributed by atoms with Crippen molar-refractivity contribution in [3.05, 3.63) is 0 Å². The van der Waals surface area contributed by atoms with Gasteiger partial charge in [0.1, 0.15) is 0 Å². The van der Waals surface area contributed by atoms with Crippen molar-refractivity contribution in [3.8, 4) is 0 Å². The molecule has 1 aliphatic heterocycles. The van der Waals surface area contributed by atoms with Gasteiger partial charge in [-0.25, -0.2) is 0 Å². The Labute approximate surface area is 126 Å². The Morgan fingerprint density at radius 1 is 0.800 bits per heavy atom. The standard InChI is InChI=1S/C17H37N3/c1-4-5-6-7-8-9-10-11-12-13-17(2,3)20-15-18-14-19-16-20/h18-19H,4-16H2,1-3H3. The molecule has 0 aromatic rings. The van der Waals surface area contributed by atoms with E-state index in [0.717, 1.165) is 20.0 Å². The predicted octanol–water partition coefficient (Wildman–Crippen LogP) is 4.05. The fourth-order valence-corrected chi connectivity index (χ4v) is 2.98. The zero-order valence-corrected chi connectivity index (χ0v) is 14.1. The van der Waals surface area contributed by atoms with Crippen LogP contribution in [0.25, 0.3) is 0 Å². The number of rotatable bonds is 11. The second-order valence-electron chi connectivity index (χ2n) is 6.92. The summed E-state index contributed by atoms with van der Waals surface area (Å²) in [4.78, 5) is 2.52. The molecule has 1 saturated heterocycles. The summed E-state index contributed by atoms with van der Waals surface area (Å²) in [6.07, 6.45) is 14.1. The van der Waals surface area contributed by atoms with Gasteiger partial charge < -0.3 is 0 Å². The molecule has 0 unspecified atom stereocenters. The number of nitrogens with one attached hydrogen (secondary N) is 2. The molecule has 0 spiro atoms. The lowest BCUT2D eigenvalue weighted by Gasteiger charge is -2.41. The molecule has 1 rings (SSSR count). The molecule has 2 N–H and O–H groups in total. The highest BCUT2D eigenvalue weighted by Crippen LogP contribution is 2.22. The number of unbranched alkanes of at least 4 members (excludes halogenated alkanes) is 8. The third-order valence-corrected chi connectivity index (χ3v) is 4.60. The maximum Gasteiger partial charge on any atom is 0.0507 e. The van der Waals surface area contributed by atoms with E-state index in [9.17, 15) is 0 Å². The molecule has 0 aromatic heterocycles. The van der Waals surface area contributed by atoms with Crippen molar-refractivity contribution in [3.63, 3.8) is 0 Å². The first-order valence-electron chi connectivity index (χ1n) is 8.83. The smallest absolute Gasteiger partial charge is 0.0507 e. The van der Waals surface area contributed by atoms with Crippen LogP contribution < -0.4 is 10.6 Å². The fourth-order valence-electron chi connectivity index (χ4n) is 2.98. The van der Waals surface area contributed by atoms with Gasteiger partial charge in [0.2, 0.25) is 0 Å². The molecule has 3 nitrogen and oxygen atoms in total. The van der Waals surface area contributed by atoms with Crippen molar-refractivity contribution in [1.82, 2.24) is 15.5 Å². The van der Waals surface area contributed by atoms with Crippen LogP contribution in [0.15, 0.2) is 0 Å². The Bertz CT molecular complexity index is 222. The molecular weight excluding hydrogens is 246 g/mol. The summed E-state index contributed by atoms with van der Waals surface area (Å²) in [7, 11) is 0. The summed E-state index contributed by atoms with van der Waals surface area (Å²) in [5.74, 6) is 0. The summed E-state index contributed by atoms with van der Waals surface area (Å²) >= 11 is 0. The van der Waals surface area contributed by atoms with Crippen LogP contribution in [0.4, 0.5) is 0 Å². The zero-order chi connectivity index (χ0) is 14.7. The monoisotopic (exact) mass is 283 g/mol. The van der Waals surface area contributed by atoms with Gasteiger partial charge in [0.05, 0.1) is 13.3 Å². The van der Waals surface area contributed by atoms with Crippen molar-refractivity contribution < 1.29 is 0 Å². The first kappa shape index (κ1) is 17.9. The van der Waals surface area contributed by atoms with Crippen LogP contribution >= 0.6 is 0 Å². The zero-order valence-electron chi connectivity index (χ0n) is 14.1. The molecule has 120 valence electrons. The predicted molar refractivity (Wildman–Crippen MR) is 88.6 cm³/mol. The fraction of sp³-hybridized carbons (Fsp3) is 1.00. The van der Waals surface area contributed by atoms with E-state index in [-0.39, 0.29) is 0 Å². The summed E-state index contributed by atoms with van der Waals surface area (Å²) in [6, 6.07) is 0. The molecule has 3 heteroatoms. The highest BCUT2D eigenvalue weighted by Gasteiger charge is 2.26.